The highest BCUT2D eigenvalue weighted by Gasteiger charge is 2.11. The Morgan fingerprint density at radius 2 is 2.15 bits per heavy atom. The van der Waals surface area contributed by atoms with Gasteiger partial charge in [0.25, 0.3) is 0 Å². The number of carbonyl (C=O) groups excluding carboxylic acids is 1. The van der Waals surface area contributed by atoms with Crippen molar-refractivity contribution in [3.63, 3.8) is 0 Å². The van der Waals surface area contributed by atoms with Crippen LogP contribution in [-0.4, -0.2) is 31.3 Å². The van der Waals surface area contributed by atoms with Crippen LogP contribution in [0.1, 0.15) is 10.4 Å². The molecule has 5 nitrogen and oxygen atoms in total. The first-order chi connectivity index (χ1) is 9.74. The Bertz CT molecular complexity index is 763. The molecule has 0 saturated carbocycles. The van der Waals surface area contributed by atoms with Crippen LogP contribution in [0.4, 0.5) is 0 Å². The van der Waals surface area contributed by atoms with Crippen molar-refractivity contribution < 1.29 is 4.79 Å². The molecule has 2 aromatic heterocycles. The molecule has 0 saturated heterocycles. The molecule has 0 amide bonds. The lowest BCUT2D eigenvalue weighted by Crippen LogP contribution is -2.01. The number of para-hydroxylation sites is 1. The number of Topliss-reactive ketones (excluding diaryl/α,β-unsaturated/α-hetero) is 1. The molecular weight excluding hydrogens is 272 g/mol. The van der Waals surface area contributed by atoms with Crippen LogP contribution in [0.15, 0.2) is 48.0 Å². The van der Waals surface area contributed by atoms with Gasteiger partial charge in [-0.3, -0.25) is 9.48 Å². The molecule has 0 atom stereocenters. The summed E-state index contributed by atoms with van der Waals surface area (Å²) in [5.41, 5.74) is 1.51. The fourth-order valence-corrected chi connectivity index (χ4v) is 2.76. The molecule has 0 N–H and O–H groups in total. The monoisotopic (exact) mass is 284 g/mol. The summed E-state index contributed by atoms with van der Waals surface area (Å²) >= 11 is 1.42. The number of thioether (sulfide) groups is 1. The molecule has 6 heteroatoms. The second kappa shape index (κ2) is 5.42. The maximum Gasteiger partial charge on any atom is 0.176 e. The number of hydrogen-bond acceptors (Lipinski definition) is 5. The predicted octanol–water partition coefficient (Wildman–Crippen LogP) is 2.34. The van der Waals surface area contributed by atoms with Crippen molar-refractivity contribution in [3.05, 3.63) is 48.5 Å². The SMILES string of the molecule is Cn1cc(C(=O)CSc2ncnc3ccccc23)cn1. The van der Waals surface area contributed by atoms with Crippen molar-refractivity contribution in [1.29, 1.82) is 0 Å². The van der Waals surface area contributed by atoms with Gasteiger partial charge in [0.2, 0.25) is 0 Å². The van der Waals surface area contributed by atoms with E-state index in [0.29, 0.717) is 11.3 Å². The molecule has 0 fully saturated rings. The Morgan fingerprint density at radius 1 is 1.30 bits per heavy atom. The Balaban J connectivity index is 1.79. The first-order valence-electron chi connectivity index (χ1n) is 6.08. The van der Waals surface area contributed by atoms with Crippen LogP contribution in [0.5, 0.6) is 0 Å². The second-order valence-electron chi connectivity index (χ2n) is 4.31. The minimum atomic E-state index is 0.0470. The Hall–Kier alpha value is -2.21. The number of fused-ring (bicyclic) bond motifs is 1. The van der Waals surface area contributed by atoms with Crippen molar-refractivity contribution in [1.82, 2.24) is 19.7 Å². The predicted molar refractivity (Wildman–Crippen MR) is 77.8 cm³/mol. The average Bonchev–Trinajstić information content (AvgIpc) is 2.91. The minimum Gasteiger partial charge on any atom is -0.293 e. The quantitative estimate of drug-likeness (QED) is 0.418. The normalized spacial score (nSPS) is 10.8. The molecule has 1 aromatic carbocycles. The van der Waals surface area contributed by atoms with Crippen molar-refractivity contribution in [2.75, 3.05) is 5.75 Å². The number of aromatic nitrogens is 4. The van der Waals surface area contributed by atoms with Gasteiger partial charge in [-0.1, -0.05) is 30.0 Å². The smallest absolute Gasteiger partial charge is 0.176 e. The highest BCUT2D eigenvalue weighted by atomic mass is 32.2. The zero-order valence-corrected chi connectivity index (χ0v) is 11.7. The lowest BCUT2D eigenvalue weighted by Gasteiger charge is -2.03. The van der Waals surface area contributed by atoms with Gasteiger partial charge in [0.15, 0.2) is 5.78 Å². The van der Waals surface area contributed by atoms with Crippen LogP contribution < -0.4 is 0 Å². The molecule has 0 aliphatic heterocycles. The Morgan fingerprint density at radius 3 is 2.95 bits per heavy atom. The van der Waals surface area contributed by atoms with E-state index in [1.165, 1.54) is 18.1 Å². The molecule has 20 heavy (non-hydrogen) atoms. The zero-order chi connectivity index (χ0) is 13.9. The first kappa shape index (κ1) is 12.8. The van der Waals surface area contributed by atoms with Gasteiger partial charge < -0.3 is 0 Å². The number of rotatable bonds is 4. The van der Waals surface area contributed by atoms with E-state index in [0.717, 1.165) is 15.9 Å². The Kier molecular flexibility index (Phi) is 3.47. The van der Waals surface area contributed by atoms with Gasteiger partial charge >= 0.3 is 0 Å². The van der Waals surface area contributed by atoms with Crippen molar-refractivity contribution in [2.24, 2.45) is 7.05 Å². The molecule has 3 aromatic rings. The number of hydrogen-bond donors (Lipinski definition) is 0. The van der Waals surface area contributed by atoms with Gasteiger partial charge in [-0.2, -0.15) is 5.10 Å². The summed E-state index contributed by atoms with van der Waals surface area (Å²) in [4.78, 5) is 20.5. The largest absolute Gasteiger partial charge is 0.293 e. The van der Waals surface area contributed by atoms with Gasteiger partial charge in [0, 0.05) is 18.6 Å². The number of aryl methyl sites for hydroxylation is 1. The Labute approximate surface area is 120 Å². The maximum absolute atomic E-state index is 12.0. The minimum absolute atomic E-state index is 0.0470. The maximum atomic E-state index is 12.0. The van der Waals surface area contributed by atoms with E-state index >= 15 is 0 Å². The highest BCUT2D eigenvalue weighted by Crippen LogP contribution is 2.24. The topological polar surface area (TPSA) is 60.7 Å². The van der Waals surface area contributed by atoms with Crippen LogP contribution >= 0.6 is 11.8 Å². The molecule has 2 heterocycles. The lowest BCUT2D eigenvalue weighted by atomic mass is 10.2. The third-order valence-corrected chi connectivity index (χ3v) is 3.88. The second-order valence-corrected chi connectivity index (χ2v) is 5.27. The molecule has 100 valence electrons. The van der Waals surface area contributed by atoms with Gasteiger partial charge in [-0.05, 0) is 6.07 Å². The molecule has 0 spiro atoms. The molecule has 0 bridgehead atoms. The fourth-order valence-electron chi connectivity index (χ4n) is 1.88. The van der Waals surface area contributed by atoms with E-state index in [1.807, 2.05) is 24.3 Å². The fraction of sp³-hybridized carbons (Fsp3) is 0.143. The van der Waals surface area contributed by atoms with Crippen molar-refractivity contribution >= 4 is 28.4 Å². The lowest BCUT2D eigenvalue weighted by molar-refractivity contribution is 0.102. The van der Waals surface area contributed by atoms with Crippen LogP contribution in [0.2, 0.25) is 0 Å². The summed E-state index contributed by atoms with van der Waals surface area (Å²) in [6.07, 6.45) is 4.83. The number of ketones is 1. The van der Waals surface area contributed by atoms with Crippen LogP contribution in [-0.2, 0) is 7.05 Å². The molecule has 3 rings (SSSR count). The number of nitrogens with zero attached hydrogens (tertiary/aromatic N) is 4. The molecule has 0 unspecified atom stereocenters. The average molecular weight is 284 g/mol. The van der Waals surface area contributed by atoms with E-state index < -0.39 is 0 Å². The van der Waals surface area contributed by atoms with E-state index in [9.17, 15) is 4.79 Å². The van der Waals surface area contributed by atoms with Crippen molar-refractivity contribution in [2.45, 2.75) is 5.03 Å². The highest BCUT2D eigenvalue weighted by molar-refractivity contribution is 8.00. The summed E-state index contributed by atoms with van der Waals surface area (Å²) in [5.74, 6) is 0.387. The number of carbonyl (C=O) groups is 1. The summed E-state index contributed by atoms with van der Waals surface area (Å²) in [6, 6.07) is 7.78. The summed E-state index contributed by atoms with van der Waals surface area (Å²) in [7, 11) is 1.79. The molecule has 0 radical (unpaired) electrons. The van der Waals surface area contributed by atoms with E-state index in [2.05, 4.69) is 15.1 Å². The van der Waals surface area contributed by atoms with Gasteiger partial charge in [0.05, 0.1) is 23.0 Å². The van der Waals surface area contributed by atoms with Crippen molar-refractivity contribution in [3.8, 4) is 0 Å². The van der Waals surface area contributed by atoms with E-state index in [1.54, 1.807) is 24.1 Å². The number of benzene rings is 1. The molecule has 0 aliphatic carbocycles. The van der Waals surface area contributed by atoms with Crippen LogP contribution in [0, 0.1) is 0 Å². The van der Waals surface area contributed by atoms with E-state index in [4.69, 9.17) is 0 Å². The van der Waals surface area contributed by atoms with Gasteiger partial charge in [0.1, 0.15) is 11.4 Å². The van der Waals surface area contributed by atoms with Gasteiger partial charge in [-0.15, -0.1) is 0 Å². The summed E-state index contributed by atoms with van der Waals surface area (Å²) < 4.78 is 1.62. The third-order valence-electron chi connectivity index (χ3n) is 2.87. The van der Waals surface area contributed by atoms with E-state index in [-0.39, 0.29) is 5.78 Å². The first-order valence-corrected chi connectivity index (χ1v) is 7.07. The summed E-state index contributed by atoms with van der Waals surface area (Å²) in [6.45, 7) is 0. The molecule has 0 aliphatic rings. The van der Waals surface area contributed by atoms with Gasteiger partial charge in [-0.25, -0.2) is 9.97 Å². The third kappa shape index (κ3) is 2.55. The molecular formula is C14H12N4OS. The zero-order valence-electron chi connectivity index (χ0n) is 10.9. The standard InChI is InChI=1S/C14H12N4OS/c1-18-7-10(6-17-18)13(19)8-20-14-11-4-2-3-5-12(11)15-9-16-14/h2-7,9H,8H2,1H3. The van der Waals surface area contributed by atoms with Crippen LogP contribution in [0.25, 0.3) is 10.9 Å². The van der Waals surface area contributed by atoms with Crippen LogP contribution in [0.3, 0.4) is 0 Å². The summed E-state index contributed by atoms with van der Waals surface area (Å²) in [5, 5.41) is 5.80.